The van der Waals surface area contributed by atoms with Gasteiger partial charge >= 0.3 is 0 Å². The maximum absolute atomic E-state index is 6.36. The summed E-state index contributed by atoms with van der Waals surface area (Å²) in [5.74, 6) is 1.59. The summed E-state index contributed by atoms with van der Waals surface area (Å²) in [6, 6.07) is 18.0. The molecule has 2 aromatic carbocycles. The van der Waals surface area contributed by atoms with E-state index in [-0.39, 0.29) is 0 Å². The summed E-state index contributed by atoms with van der Waals surface area (Å²) in [7, 11) is 0. The molecule has 0 saturated carbocycles. The molecule has 202 valence electrons. The van der Waals surface area contributed by atoms with Gasteiger partial charge in [-0.1, -0.05) is 12.1 Å². The van der Waals surface area contributed by atoms with Crippen molar-refractivity contribution in [1.82, 2.24) is 19.9 Å². The van der Waals surface area contributed by atoms with Gasteiger partial charge in [-0.15, -0.1) is 0 Å². The molecule has 10 heteroatoms. The number of morpholine rings is 2. The molecule has 4 heterocycles. The Morgan fingerprint density at radius 1 is 0.872 bits per heavy atom. The molecule has 2 aliphatic heterocycles. The minimum Gasteiger partial charge on any atom is -0.491 e. The molecular formula is C29H33N7O3. The second-order valence-electron chi connectivity index (χ2n) is 9.59. The molecule has 2 aliphatic rings. The number of pyridine rings is 1. The molecule has 0 spiro atoms. The average Bonchev–Trinajstić information content (AvgIpc) is 2.99. The first-order valence-electron chi connectivity index (χ1n) is 13.4. The highest BCUT2D eigenvalue weighted by atomic mass is 16.5. The number of hydrogen-bond donors (Lipinski definition) is 2. The number of aromatic nitrogens is 3. The van der Waals surface area contributed by atoms with Gasteiger partial charge in [0.1, 0.15) is 18.2 Å². The van der Waals surface area contributed by atoms with Crippen LogP contribution in [0.3, 0.4) is 0 Å². The van der Waals surface area contributed by atoms with E-state index in [1.165, 1.54) is 5.69 Å². The van der Waals surface area contributed by atoms with Crippen molar-refractivity contribution < 1.29 is 14.2 Å². The Balaban J connectivity index is 1.17. The lowest BCUT2D eigenvalue weighted by atomic mass is 10.1. The first-order chi connectivity index (χ1) is 19.2. The maximum Gasteiger partial charge on any atom is 0.229 e. The normalized spacial score (nSPS) is 16.4. The van der Waals surface area contributed by atoms with Gasteiger partial charge in [0, 0.05) is 55.0 Å². The summed E-state index contributed by atoms with van der Waals surface area (Å²) in [5.41, 5.74) is 10.8. The van der Waals surface area contributed by atoms with Gasteiger partial charge in [-0.25, -0.2) is 4.98 Å². The highest BCUT2D eigenvalue weighted by Gasteiger charge is 2.14. The van der Waals surface area contributed by atoms with Crippen LogP contribution in [0.4, 0.5) is 23.1 Å². The Morgan fingerprint density at radius 2 is 1.64 bits per heavy atom. The van der Waals surface area contributed by atoms with Gasteiger partial charge in [0.05, 0.1) is 43.8 Å². The van der Waals surface area contributed by atoms with Crippen LogP contribution < -0.4 is 20.7 Å². The molecule has 10 nitrogen and oxygen atoms in total. The van der Waals surface area contributed by atoms with E-state index in [1.807, 2.05) is 42.5 Å². The third-order valence-corrected chi connectivity index (χ3v) is 7.05. The van der Waals surface area contributed by atoms with Crippen LogP contribution in [-0.2, 0) is 9.47 Å². The van der Waals surface area contributed by atoms with Crippen LogP contribution in [0.1, 0.15) is 0 Å². The van der Waals surface area contributed by atoms with Gasteiger partial charge in [-0.05, 0) is 42.5 Å². The molecule has 39 heavy (non-hydrogen) atoms. The lowest BCUT2D eigenvalue weighted by molar-refractivity contribution is 0.0322. The minimum absolute atomic E-state index is 0.414. The quantitative estimate of drug-likeness (QED) is 0.353. The zero-order chi connectivity index (χ0) is 26.4. The van der Waals surface area contributed by atoms with Gasteiger partial charge < -0.3 is 30.2 Å². The molecule has 2 saturated heterocycles. The summed E-state index contributed by atoms with van der Waals surface area (Å²) in [6.45, 7) is 8.26. The van der Waals surface area contributed by atoms with Gasteiger partial charge in [-0.2, -0.15) is 4.98 Å². The number of anilines is 4. The van der Waals surface area contributed by atoms with E-state index in [4.69, 9.17) is 24.9 Å². The topological polar surface area (TPSA) is 111 Å². The van der Waals surface area contributed by atoms with Gasteiger partial charge in [0.15, 0.2) is 0 Å². The summed E-state index contributed by atoms with van der Waals surface area (Å²) in [5, 5.41) is 4.09. The van der Waals surface area contributed by atoms with E-state index in [1.54, 1.807) is 6.20 Å². The van der Waals surface area contributed by atoms with Crippen LogP contribution in [0.25, 0.3) is 22.2 Å². The first-order valence-corrected chi connectivity index (χ1v) is 13.4. The standard InChI is InChI=1S/C29H33N7O3/c30-28-25-3-1-2-24(26-9-8-23(20-31-26)39-19-12-35-10-15-37-16-11-35)27(25)33-29(34-28)32-21-4-6-22(7-5-21)36-13-17-38-18-14-36/h1-9,20H,10-19H2,(H3,30,32,33,34). The van der Waals surface area contributed by atoms with E-state index in [9.17, 15) is 0 Å². The van der Waals surface area contributed by atoms with E-state index in [0.29, 0.717) is 18.4 Å². The van der Waals surface area contributed by atoms with Crippen molar-refractivity contribution in [2.45, 2.75) is 0 Å². The van der Waals surface area contributed by atoms with Crippen molar-refractivity contribution in [2.75, 3.05) is 81.7 Å². The van der Waals surface area contributed by atoms with Gasteiger partial charge in [0.25, 0.3) is 0 Å². The Labute approximate surface area is 227 Å². The zero-order valence-corrected chi connectivity index (χ0v) is 21.9. The molecule has 0 unspecified atom stereocenters. The molecule has 2 aromatic heterocycles. The third-order valence-electron chi connectivity index (χ3n) is 7.05. The largest absolute Gasteiger partial charge is 0.491 e. The Hall–Kier alpha value is -3.99. The van der Waals surface area contributed by atoms with Crippen molar-refractivity contribution in [3.8, 4) is 17.0 Å². The van der Waals surface area contributed by atoms with Crippen LogP contribution >= 0.6 is 0 Å². The number of nitrogens with one attached hydrogen (secondary N) is 1. The second-order valence-corrected chi connectivity index (χ2v) is 9.59. The van der Waals surface area contributed by atoms with Gasteiger partial charge in [-0.3, -0.25) is 9.88 Å². The van der Waals surface area contributed by atoms with Crippen LogP contribution in [0.5, 0.6) is 5.75 Å². The zero-order valence-electron chi connectivity index (χ0n) is 21.9. The van der Waals surface area contributed by atoms with Crippen molar-refractivity contribution in [2.24, 2.45) is 0 Å². The molecule has 0 bridgehead atoms. The summed E-state index contributed by atoms with van der Waals surface area (Å²) in [6.07, 6.45) is 1.76. The van der Waals surface area contributed by atoms with Crippen LogP contribution in [0, 0.1) is 0 Å². The number of nitrogen functional groups attached to an aromatic ring is 1. The van der Waals surface area contributed by atoms with Crippen LogP contribution in [0.15, 0.2) is 60.8 Å². The summed E-state index contributed by atoms with van der Waals surface area (Å²) >= 11 is 0. The number of hydrogen-bond acceptors (Lipinski definition) is 10. The number of rotatable bonds is 8. The van der Waals surface area contributed by atoms with Gasteiger partial charge in [0.2, 0.25) is 5.95 Å². The summed E-state index contributed by atoms with van der Waals surface area (Å²) < 4.78 is 16.8. The molecule has 3 N–H and O–H groups in total. The van der Waals surface area contributed by atoms with Crippen molar-refractivity contribution in [3.05, 3.63) is 60.8 Å². The molecule has 0 aliphatic carbocycles. The molecule has 2 fully saturated rings. The Kier molecular flexibility index (Phi) is 7.66. The lowest BCUT2D eigenvalue weighted by Gasteiger charge is -2.28. The number of benzene rings is 2. The third kappa shape index (κ3) is 6.03. The number of nitrogens with two attached hydrogens (primary N) is 1. The first kappa shape index (κ1) is 25.3. The van der Waals surface area contributed by atoms with E-state index < -0.39 is 0 Å². The van der Waals surface area contributed by atoms with Crippen LogP contribution in [-0.4, -0.2) is 85.6 Å². The van der Waals surface area contributed by atoms with Crippen molar-refractivity contribution in [3.63, 3.8) is 0 Å². The highest BCUT2D eigenvalue weighted by molar-refractivity contribution is 5.98. The molecular weight excluding hydrogens is 494 g/mol. The predicted octanol–water partition coefficient (Wildman–Crippen LogP) is 3.57. The average molecular weight is 528 g/mol. The fourth-order valence-electron chi connectivity index (χ4n) is 4.89. The molecule has 0 atom stereocenters. The smallest absolute Gasteiger partial charge is 0.229 e. The fraction of sp³-hybridized carbons (Fsp3) is 0.345. The summed E-state index contributed by atoms with van der Waals surface area (Å²) in [4.78, 5) is 18.7. The fourth-order valence-corrected chi connectivity index (χ4v) is 4.89. The molecule has 4 aromatic rings. The second kappa shape index (κ2) is 11.8. The number of para-hydroxylation sites is 1. The van der Waals surface area contributed by atoms with Crippen molar-refractivity contribution >= 4 is 34.0 Å². The number of fused-ring (bicyclic) bond motifs is 1. The lowest BCUT2D eigenvalue weighted by Crippen LogP contribution is -2.38. The molecule has 0 radical (unpaired) electrons. The SMILES string of the molecule is Nc1nc(Nc2ccc(N3CCOCC3)cc2)nc2c(-c3ccc(OCCN4CCOCC4)cn3)cccc12. The maximum atomic E-state index is 6.36. The Bertz CT molecular complexity index is 1390. The van der Waals surface area contributed by atoms with Crippen molar-refractivity contribution in [1.29, 1.82) is 0 Å². The molecule has 0 amide bonds. The van der Waals surface area contributed by atoms with E-state index in [0.717, 1.165) is 92.7 Å². The minimum atomic E-state index is 0.414. The van der Waals surface area contributed by atoms with E-state index in [2.05, 4.69) is 37.2 Å². The predicted molar refractivity (Wildman–Crippen MR) is 153 cm³/mol. The number of ether oxygens (including phenoxy) is 3. The van der Waals surface area contributed by atoms with E-state index >= 15 is 0 Å². The van der Waals surface area contributed by atoms with Crippen LogP contribution in [0.2, 0.25) is 0 Å². The monoisotopic (exact) mass is 527 g/mol. The Morgan fingerprint density at radius 3 is 2.38 bits per heavy atom. The highest BCUT2D eigenvalue weighted by Crippen LogP contribution is 2.31. The number of nitrogens with zero attached hydrogens (tertiary/aromatic N) is 5. The molecule has 6 rings (SSSR count).